The molecule has 0 unspecified atom stereocenters. The van der Waals surface area contributed by atoms with Crippen LogP contribution in [0.5, 0.6) is 11.5 Å². The number of hydrogen-bond donors (Lipinski definition) is 1. The van der Waals surface area contributed by atoms with E-state index >= 15 is 0 Å². The third kappa shape index (κ3) is 4.50. The Morgan fingerprint density at radius 3 is 2.19 bits per heavy atom. The van der Waals surface area contributed by atoms with Crippen LogP contribution in [0, 0.1) is 6.92 Å². The van der Waals surface area contributed by atoms with Gasteiger partial charge in [0.25, 0.3) is 0 Å². The van der Waals surface area contributed by atoms with Gasteiger partial charge in [0.15, 0.2) is 23.1 Å². The molecule has 186 valence electrons. The first-order chi connectivity index (χ1) is 17.5. The van der Waals surface area contributed by atoms with Crippen LogP contribution in [0.3, 0.4) is 0 Å². The van der Waals surface area contributed by atoms with E-state index in [9.17, 15) is 9.59 Å². The zero-order valence-corrected chi connectivity index (χ0v) is 21.1. The van der Waals surface area contributed by atoms with Crippen molar-refractivity contribution in [2.75, 3.05) is 7.11 Å². The Bertz CT molecular complexity index is 1240. The van der Waals surface area contributed by atoms with E-state index in [1.165, 1.54) is 5.56 Å². The summed E-state index contributed by atoms with van der Waals surface area (Å²) in [6.07, 6.45) is 6.79. The Morgan fingerprint density at radius 1 is 0.972 bits per heavy atom. The Labute approximate surface area is 212 Å². The number of aryl methyl sites for hydroxylation is 1. The molecule has 1 heterocycles. The molecule has 0 saturated heterocycles. The van der Waals surface area contributed by atoms with Gasteiger partial charge in [0.05, 0.1) is 7.11 Å². The van der Waals surface area contributed by atoms with E-state index in [-0.39, 0.29) is 17.5 Å². The summed E-state index contributed by atoms with van der Waals surface area (Å²) in [6.45, 7) is 6.42. The number of dihydropyridines is 1. The summed E-state index contributed by atoms with van der Waals surface area (Å²) in [7, 11) is 1.63. The van der Waals surface area contributed by atoms with Gasteiger partial charge in [-0.3, -0.25) is 9.59 Å². The predicted molar refractivity (Wildman–Crippen MR) is 140 cm³/mol. The number of methoxy groups -OCH3 is 1. The highest BCUT2D eigenvalue weighted by Crippen LogP contribution is 2.47. The normalized spacial score (nSPS) is 17.9. The fourth-order valence-corrected chi connectivity index (χ4v) is 5.63. The Balaban J connectivity index is 1.60. The van der Waals surface area contributed by atoms with E-state index in [2.05, 4.69) is 49.2 Å². The minimum Gasteiger partial charge on any atom is -0.493 e. The SMILES string of the molecule is C=CCc1cc(C2C3=C(CCCC3=O)NC3=C2C(=O)CCC3)cc(OC)c1OCc1ccc(C)cc1. The van der Waals surface area contributed by atoms with E-state index in [1.54, 1.807) is 7.11 Å². The first-order valence-electron chi connectivity index (χ1n) is 12.8. The summed E-state index contributed by atoms with van der Waals surface area (Å²) in [5, 5.41) is 3.49. The van der Waals surface area contributed by atoms with Crippen LogP contribution >= 0.6 is 0 Å². The van der Waals surface area contributed by atoms with Crippen LogP contribution in [0.15, 0.2) is 71.6 Å². The summed E-state index contributed by atoms with van der Waals surface area (Å²) < 4.78 is 12.1. The van der Waals surface area contributed by atoms with E-state index < -0.39 is 0 Å². The van der Waals surface area contributed by atoms with Crippen LogP contribution in [-0.2, 0) is 22.6 Å². The molecule has 0 atom stereocenters. The van der Waals surface area contributed by atoms with Crippen molar-refractivity contribution < 1.29 is 19.1 Å². The minimum absolute atomic E-state index is 0.127. The zero-order chi connectivity index (χ0) is 25.2. The molecule has 2 aliphatic carbocycles. The Morgan fingerprint density at radius 2 is 1.61 bits per heavy atom. The topological polar surface area (TPSA) is 64.6 Å². The summed E-state index contributed by atoms with van der Waals surface area (Å²) >= 11 is 0. The quantitative estimate of drug-likeness (QED) is 0.489. The second-order valence-corrected chi connectivity index (χ2v) is 9.87. The molecule has 3 aliphatic rings. The van der Waals surface area contributed by atoms with Crippen LogP contribution in [0.4, 0.5) is 0 Å². The first-order valence-corrected chi connectivity index (χ1v) is 12.8. The number of carbonyl (C=O) groups excluding carboxylic acids is 2. The molecule has 5 rings (SSSR count). The molecule has 36 heavy (non-hydrogen) atoms. The van der Waals surface area contributed by atoms with Gasteiger partial charge >= 0.3 is 0 Å². The van der Waals surface area contributed by atoms with Crippen molar-refractivity contribution in [2.24, 2.45) is 0 Å². The highest BCUT2D eigenvalue weighted by atomic mass is 16.5. The molecule has 0 radical (unpaired) electrons. The smallest absolute Gasteiger partial charge is 0.165 e. The number of allylic oxidation sites excluding steroid dienone is 5. The molecule has 0 fully saturated rings. The summed E-state index contributed by atoms with van der Waals surface area (Å²) in [5.41, 5.74) is 7.55. The van der Waals surface area contributed by atoms with Gasteiger partial charge in [0, 0.05) is 46.9 Å². The molecule has 2 aromatic rings. The largest absolute Gasteiger partial charge is 0.493 e. The molecule has 1 aliphatic heterocycles. The van der Waals surface area contributed by atoms with Crippen molar-refractivity contribution in [3.05, 3.63) is 93.8 Å². The second kappa shape index (κ2) is 10.2. The number of rotatable bonds is 7. The van der Waals surface area contributed by atoms with Crippen molar-refractivity contribution in [1.82, 2.24) is 5.32 Å². The standard InChI is InChI=1S/C31H33NO4/c1-4-7-21-16-22(17-27(35-3)31(21)36-18-20-14-12-19(2)13-15-20)28-29-23(8-5-10-25(29)33)32-24-9-6-11-26(34)30(24)28/h4,12-17,28,32H,1,5-11,18H2,2-3H3. The fourth-order valence-electron chi connectivity index (χ4n) is 5.63. The van der Waals surface area contributed by atoms with E-state index in [0.717, 1.165) is 64.9 Å². The average Bonchev–Trinajstić information content (AvgIpc) is 2.88. The number of Topliss-reactive ketones (excluding diaryl/α,β-unsaturated/α-hetero) is 2. The number of benzene rings is 2. The second-order valence-electron chi connectivity index (χ2n) is 9.87. The summed E-state index contributed by atoms with van der Waals surface area (Å²) in [5.74, 6) is 1.15. The third-order valence-electron chi connectivity index (χ3n) is 7.37. The number of hydrogen-bond acceptors (Lipinski definition) is 5. The van der Waals surface area contributed by atoms with Crippen LogP contribution in [-0.4, -0.2) is 18.7 Å². The third-order valence-corrected chi connectivity index (χ3v) is 7.37. The predicted octanol–water partition coefficient (Wildman–Crippen LogP) is 6.01. The van der Waals surface area contributed by atoms with Crippen LogP contribution in [0.25, 0.3) is 0 Å². The van der Waals surface area contributed by atoms with Crippen molar-refractivity contribution in [1.29, 1.82) is 0 Å². The van der Waals surface area contributed by atoms with Gasteiger partial charge in [0.1, 0.15) is 6.61 Å². The number of nitrogens with one attached hydrogen (secondary N) is 1. The van der Waals surface area contributed by atoms with Crippen LogP contribution in [0.1, 0.15) is 66.7 Å². The van der Waals surface area contributed by atoms with Gasteiger partial charge in [-0.15, -0.1) is 6.58 Å². The number of ketones is 2. The van der Waals surface area contributed by atoms with Crippen molar-refractivity contribution >= 4 is 11.6 Å². The molecule has 0 spiro atoms. The highest BCUT2D eigenvalue weighted by molar-refractivity contribution is 6.06. The lowest BCUT2D eigenvalue weighted by molar-refractivity contribution is -0.117. The number of ether oxygens (including phenoxy) is 2. The Kier molecular flexibility index (Phi) is 6.82. The minimum atomic E-state index is -0.375. The lowest BCUT2D eigenvalue weighted by Gasteiger charge is -2.37. The molecule has 2 aromatic carbocycles. The van der Waals surface area contributed by atoms with Crippen LogP contribution in [0.2, 0.25) is 0 Å². The molecule has 5 nitrogen and oxygen atoms in total. The fraction of sp³-hybridized carbons (Fsp3) is 0.355. The van der Waals surface area contributed by atoms with Crippen LogP contribution < -0.4 is 14.8 Å². The summed E-state index contributed by atoms with van der Waals surface area (Å²) in [6, 6.07) is 12.3. The van der Waals surface area contributed by atoms with Gasteiger partial charge in [-0.2, -0.15) is 0 Å². The van der Waals surface area contributed by atoms with E-state index in [1.807, 2.05) is 12.1 Å². The first kappa shape index (κ1) is 24.1. The van der Waals surface area contributed by atoms with Gasteiger partial charge in [-0.05, 0) is 56.2 Å². The lowest BCUT2D eigenvalue weighted by Crippen LogP contribution is -2.36. The van der Waals surface area contributed by atoms with Crippen molar-refractivity contribution in [2.45, 2.75) is 64.4 Å². The molecule has 5 heteroatoms. The van der Waals surface area contributed by atoms with Crippen molar-refractivity contribution in [3.63, 3.8) is 0 Å². The lowest BCUT2D eigenvalue weighted by atomic mass is 9.71. The molecular weight excluding hydrogens is 450 g/mol. The molecule has 0 saturated carbocycles. The molecule has 0 amide bonds. The van der Waals surface area contributed by atoms with Crippen molar-refractivity contribution in [3.8, 4) is 11.5 Å². The van der Waals surface area contributed by atoms with Gasteiger partial charge in [-0.1, -0.05) is 42.0 Å². The number of carbonyl (C=O) groups is 2. The Hall–Kier alpha value is -3.60. The van der Waals surface area contributed by atoms with Gasteiger partial charge in [-0.25, -0.2) is 0 Å². The molecule has 0 aromatic heterocycles. The van der Waals surface area contributed by atoms with E-state index in [4.69, 9.17) is 9.47 Å². The maximum Gasteiger partial charge on any atom is 0.165 e. The maximum absolute atomic E-state index is 13.2. The van der Waals surface area contributed by atoms with Gasteiger partial charge < -0.3 is 14.8 Å². The average molecular weight is 484 g/mol. The molecular formula is C31H33NO4. The maximum atomic E-state index is 13.2. The van der Waals surface area contributed by atoms with E-state index in [0.29, 0.717) is 37.4 Å². The highest BCUT2D eigenvalue weighted by Gasteiger charge is 2.40. The molecule has 0 bridgehead atoms. The zero-order valence-electron chi connectivity index (χ0n) is 21.1. The summed E-state index contributed by atoms with van der Waals surface area (Å²) in [4.78, 5) is 26.4. The molecule has 1 N–H and O–H groups in total. The monoisotopic (exact) mass is 483 g/mol. The van der Waals surface area contributed by atoms with Gasteiger partial charge in [0.2, 0.25) is 0 Å².